The van der Waals surface area contributed by atoms with Gasteiger partial charge in [-0.1, -0.05) is 12.1 Å². The number of nitrogens with zero attached hydrogens (tertiary/aromatic N) is 1. The molecule has 1 aliphatic heterocycles. The van der Waals surface area contributed by atoms with Crippen LogP contribution in [0.25, 0.3) is 0 Å². The number of rotatable bonds is 4. The molecule has 19 heavy (non-hydrogen) atoms. The molecule has 0 unspecified atom stereocenters. The van der Waals surface area contributed by atoms with Crippen LogP contribution in [-0.2, 0) is 6.54 Å². The zero-order valence-electron chi connectivity index (χ0n) is 10.6. The maximum Gasteiger partial charge on any atom is 0.231 e. The van der Waals surface area contributed by atoms with E-state index in [4.69, 9.17) is 14.2 Å². The highest BCUT2D eigenvalue weighted by Crippen LogP contribution is 2.32. The SMILES string of the molecule is COc1cccc(NCc2ccc3c(c2)OCO3)n1. The summed E-state index contributed by atoms with van der Waals surface area (Å²) in [6, 6.07) is 11.5. The molecule has 0 amide bonds. The Morgan fingerprint density at radius 2 is 2.11 bits per heavy atom. The van der Waals surface area contributed by atoms with Gasteiger partial charge in [0.1, 0.15) is 5.82 Å². The zero-order chi connectivity index (χ0) is 13.1. The van der Waals surface area contributed by atoms with Gasteiger partial charge in [0.25, 0.3) is 0 Å². The lowest BCUT2D eigenvalue weighted by atomic mass is 10.2. The molecule has 2 aromatic rings. The van der Waals surface area contributed by atoms with E-state index in [9.17, 15) is 0 Å². The Morgan fingerprint density at radius 1 is 1.21 bits per heavy atom. The summed E-state index contributed by atoms with van der Waals surface area (Å²) in [6.07, 6.45) is 0. The molecule has 0 atom stereocenters. The van der Waals surface area contributed by atoms with Crippen molar-refractivity contribution in [3.8, 4) is 17.4 Å². The van der Waals surface area contributed by atoms with Crippen molar-refractivity contribution in [3.63, 3.8) is 0 Å². The minimum absolute atomic E-state index is 0.295. The number of ether oxygens (including phenoxy) is 3. The molecule has 1 aliphatic rings. The quantitative estimate of drug-likeness (QED) is 0.912. The standard InChI is InChI=1S/C14H14N2O3/c1-17-14-4-2-3-13(16-14)15-8-10-5-6-11-12(7-10)19-9-18-11/h2-7H,8-9H2,1H3,(H,15,16). The van der Waals surface area contributed by atoms with E-state index in [1.54, 1.807) is 7.11 Å². The Bertz CT molecular complexity index is 587. The normalized spacial score (nSPS) is 12.3. The van der Waals surface area contributed by atoms with E-state index in [0.717, 1.165) is 22.9 Å². The van der Waals surface area contributed by atoms with Crippen molar-refractivity contribution in [1.82, 2.24) is 4.98 Å². The van der Waals surface area contributed by atoms with E-state index >= 15 is 0 Å². The number of pyridine rings is 1. The molecule has 0 spiro atoms. The van der Waals surface area contributed by atoms with Gasteiger partial charge in [0.2, 0.25) is 12.7 Å². The molecule has 2 heterocycles. The molecule has 0 aliphatic carbocycles. The lowest BCUT2D eigenvalue weighted by molar-refractivity contribution is 0.174. The Kier molecular flexibility index (Phi) is 3.10. The van der Waals surface area contributed by atoms with Gasteiger partial charge in [-0.15, -0.1) is 0 Å². The predicted octanol–water partition coefficient (Wildman–Crippen LogP) is 2.43. The first-order valence-corrected chi connectivity index (χ1v) is 5.98. The van der Waals surface area contributed by atoms with Crippen LogP contribution in [0.5, 0.6) is 17.4 Å². The summed E-state index contributed by atoms with van der Waals surface area (Å²) < 4.78 is 15.7. The fourth-order valence-corrected chi connectivity index (χ4v) is 1.87. The van der Waals surface area contributed by atoms with Crippen molar-refractivity contribution in [2.75, 3.05) is 19.2 Å². The molecule has 0 saturated carbocycles. The first kappa shape index (κ1) is 11.6. The average molecular weight is 258 g/mol. The Hall–Kier alpha value is -2.43. The number of hydrogen-bond acceptors (Lipinski definition) is 5. The molecule has 0 fully saturated rings. The third-order valence-electron chi connectivity index (χ3n) is 2.84. The summed E-state index contributed by atoms with van der Waals surface area (Å²) in [5, 5.41) is 3.24. The fourth-order valence-electron chi connectivity index (χ4n) is 1.87. The van der Waals surface area contributed by atoms with E-state index in [1.807, 2.05) is 36.4 Å². The minimum Gasteiger partial charge on any atom is -0.481 e. The molecule has 98 valence electrons. The van der Waals surface area contributed by atoms with E-state index in [1.165, 1.54) is 0 Å². The van der Waals surface area contributed by atoms with Crippen molar-refractivity contribution in [2.24, 2.45) is 0 Å². The van der Waals surface area contributed by atoms with Crippen LogP contribution < -0.4 is 19.5 Å². The van der Waals surface area contributed by atoms with Crippen LogP contribution in [0, 0.1) is 0 Å². The summed E-state index contributed by atoms with van der Waals surface area (Å²) in [7, 11) is 1.60. The topological polar surface area (TPSA) is 52.6 Å². The number of aromatic nitrogens is 1. The van der Waals surface area contributed by atoms with E-state index in [2.05, 4.69) is 10.3 Å². The highest BCUT2D eigenvalue weighted by Gasteiger charge is 2.12. The first-order chi connectivity index (χ1) is 9.35. The summed E-state index contributed by atoms with van der Waals surface area (Å²) in [5.74, 6) is 2.95. The van der Waals surface area contributed by atoms with Crippen LogP contribution in [-0.4, -0.2) is 18.9 Å². The Balaban J connectivity index is 1.68. The van der Waals surface area contributed by atoms with Gasteiger partial charge in [-0.25, -0.2) is 0 Å². The van der Waals surface area contributed by atoms with Crippen LogP contribution >= 0.6 is 0 Å². The van der Waals surface area contributed by atoms with Crippen molar-refractivity contribution in [1.29, 1.82) is 0 Å². The number of methoxy groups -OCH3 is 1. The average Bonchev–Trinajstić information content (AvgIpc) is 2.93. The van der Waals surface area contributed by atoms with Crippen molar-refractivity contribution in [3.05, 3.63) is 42.0 Å². The smallest absolute Gasteiger partial charge is 0.231 e. The first-order valence-electron chi connectivity index (χ1n) is 5.98. The van der Waals surface area contributed by atoms with Gasteiger partial charge in [-0.2, -0.15) is 4.98 Å². The molecular formula is C14H14N2O3. The third-order valence-corrected chi connectivity index (χ3v) is 2.84. The summed E-state index contributed by atoms with van der Waals surface area (Å²) >= 11 is 0. The van der Waals surface area contributed by atoms with Gasteiger partial charge in [-0.3, -0.25) is 0 Å². The van der Waals surface area contributed by atoms with Gasteiger partial charge in [0.15, 0.2) is 11.5 Å². The molecule has 3 rings (SSSR count). The van der Waals surface area contributed by atoms with Crippen LogP contribution in [0.1, 0.15) is 5.56 Å². The lowest BCUT2D eigenvalue weighted by Gasteiger charge is -2.07. The van der Waals surface area contributed by atoms with Crippen molar-refractivity contribution >= 4 is 5.82 Å². The Morgan fingerprint density at radius 3 is 3.00 bits per heavy atom. The van der Waals surface area contributed by atoms with Gasteiger partial charge < -0.3 is 19.5 Å². The van der Waals surface area contributed by atoms with Crippen LogP contribution in [0.15, 0.2) is 36.4 Å². The van der Waals surface area contributed by atoms with Crippen molar-refractivity contribution < 1.29 is 14.2 Å². The van der Waals surface area contributed by atoms with E-state index in [-0.39, 0.29) is 0 Å². The largest absolute Gasteiger partial charge is 0.481 e. The number of fused-ring (bicyclic) bond motifs is 1. The second-order valence-corrected chi connectivity index (χ2v) is 4.11. The summed E-state index contributed by atoms with van der Waals surface area (Å²) in [4.78, 5) is 4.29. The van der Waals surface area contributed by atoms with Crippen LogP contribution in [0.3, 0.4) is 0 Å². The highest BCUT2D eigenvalue weighted by molar-refractivity contribution is 5.46. The molecule has 1 aromatic carbocycles. The molecule has 0 bridgehead atoms. The monoisotopic (exact) mass is 258 g/mol. The van der Waals surface area contributed by atoms with Crippen LogP contribution in [0.4, 0.5) is 5.82 Å². The van der Waals surface area contributed by atoms with Gasteiger partial charge in [-0.05, 0) is 23.8 Å². The number of benzene rings is 1. The van der Waals surface area contributed by atoms with E-state index in [0.29, 0.717) is 19.2 Å². The molecule has 0 saturated heterocycles. The maximum absolute atomic E-state index is 5.34. The molecule has 1 N–H and O–H groups in total. The van der Waals surface area contributed by atoms with Gasteiger partial charge in [0, 0.05) is 12.6 Å². The molecule has 5 nitrogen and oxygen atoms in total. The van der Waals surface area contributed by atoms with Gasteiger partial charge >= 0.3 is 0 Å². The fraction of sp³-hybridized carbons (Fsp3) is 0.214. The molecule has 1 aromatic heterocycles. The molecule has 0 radical (unpaired) electrons. The van der Waals surface area contributed by atoms with Crippen molar-refractivity contribution in [2.45, 2.75) is 6.54 Å². The summed E-state index contributed by atoms with van der Waals surface area (Å²) in [6.45, 7) is 0.959. The number of anilines is 1. The maximum atomic E-state index is 5.34. The highest BCUT2D eigenvalue weighted by atomic mass is 16.7. The Labute approximate surface area is 111 Å². The molecular weight excluding hydrogens is 244 g/mol. The van der Waals surface area contributed by atoms with E-state index < -0.39 is 0 Å². The third kappa shape index (κ3) is 2.54. The summed E-state index contributed by atoms with van der Waals surface area (Å²) in [5.41, 5.74) is 1.11. The second-order valence-electron chi connectivity index (χ2n) is 4.11. The molecule has 5 heteroatoms. The van der Waals surface area contributed by atoms with Crippen LogP contribution in [0.2, 0.25) is 0 Å². The van der Waals surface area contributed by atoms with Gasteiger partial charge in [0.05, 0.1) is 7.11 Å². The number of hydrogen-bond donors (Lipinski definition) is 1. The lowest BCUT2D eigenvalue weighted by Crippen LogP contribution is -2.01. The predicted molar refractivity (Wildman–Crippen MR) is 70.7 cm³/mol. The second kappa shape index (κ2) is 5.06. The zero-order valence-corrected chi connectivity index (χ0v) is 10.6. The minimum atomic E-state index is 0.295. The number of nitrogens with one attached hydrogen (secondary N) is 1.